The maximum Gasteiger partial charge on any atom is 0.252 e. The number of nitrogens with zero attached hydrogens (tertiary/aromatic N) is 1. The van der Waals surface area contributed by atoms with Crippen molar-refractivity contribution in [3.05, 3.63) is 28.2 Å². The van der Waals surface area contributed by atoms with Gasteiger partial charge in [0, 0.05) is 28.8 Å². The largest absolute Gasteiger partial charge is 0.399 e. The number of rotatable bonds is 3. The van der Waals surface area contributed by atoms with E-state index in [0.717, 1.165) is 4.47 Å². The Morgan fingerprint density at radius 1 is 1.33 bits per heavy atom. The molecular weight excluding hydrogens is 338 g/mol. The molecule has 21 heavy (non-hydrogen) atoms. The molecule has 0 aliphatic carbocycles. The second kappa shape index (κ2) is 6.91. The van der Waals surface area contributed by atoms with Crippen LogP contribution < -0.4 is 11.1 Å². The van der Waals surface area contributed by atoms with Gasteiger partial charge in [-0.15, -0.1) is 0 Å². The van der Waals surface area contributed by atoms with E-state index in [0.29, 0.717) is 37.6 Å². The summed E-state index contributed by atoms with van der Waals surface area (Å²) in [6, 6.07) is 4.36. The Morgan fingerprint density at radius 2 is 2.00 bits per heavy atom. The quantitative estimate of drug-likeness (QED) is 0.792. The molecule has 1 aromatic carbocycles. The SMILES string of the molecule is CC(NC(=O)c1cc(N)cc(Br)c1)C(=O)N1CCOCC1. The molecule has 1 aliphatic rings. The number of nitrogen functional groups attached to an aromatic ring is 1. The third-order valence-electron chi connectivity index (χ3n) is 3.22. The molecule has 1 unspecified atom stereocenters. The summed E-state index contributed by atoms with van der Waals surface area (Å²) in [5.74, 6) is -0.424. The zero-order chi connectivity index (χ0) is 15.4. The van der Waals surface area contributed by atoms with E-state index in [1.165, 1.54) is 0 Å². The van der Waals surface area contributed by atoms with Gasteiger partial charge in [0.25, 0.3) is 5.91 Å². The average Bonchev–Trinajstić information content (AvgIpc) is 2.46. The van der Waals surface area contributed by atoms with Gasteiger partial charge in [-0.1, -0.05) is 15.9 Å². The zero-order valence-electron chi connectivity index (χ0n) is 11.8. The Bertz CT molecular complexity index is 524. The number of halogens is 1. The van der Waals surface area contributed by atoms with Crippen molar-refractivity contribution in [2.24, 2.45) is 0 Å². The summed E-state index contributed by atoms with van der Waals surface area (Å²) in [5, 5.41) is 2.70. The van der Waals surface area contributed by atoms with Gasteiger partial charge in [-0.05, 0) is 25.1 Å². The van der Waals surface area contributed by atoms with Crippen LogP contribution in [0.5, 0.6) is 0 Å². The maximum absolute atomic E-state index is 12.2. The van der Waals surface area contributed by atoms with Crippen LogP contribution in [-0.4, -0.2) is 49.1 Å². The number of hydrogen-bond acceptors (Lipinski definition) is 4. The summed E-state index contributed by atoms with van der Waals surface area (Å²) < 4.78 is 5.93. The first-order chi connectivity index (χ1) is 9.97. The number of morpholine rings is 1. The first-order valence-electron chi connectivity index (χ1n) is 6.71. The highest BCUT2D eigenvalue weighted by atomic mass is 79.9. The molecule has 1 aromatic rings. The fraction of sp³-hybridized carbons (Fsp3) is 0.429. The van der Waals surface area contributed by atoms with Crippen molar-refractivity contribution in [3.8, 4) is 0 Å². The molecule has 114 valence electrons. The highest BCUT2D eigenvalue weighted by Crippen LogP contribution is 2.17. The number of nitrogens with one attached hydrogen (secondary N) is 1. The molecule has 1 saturated heterocycles. The molecule has 1 aliphatic heterocycles. The zero-order valence-corrected chi connectivity index (χ0v) is 13.4. The number of carbonyl (C=O) groups excluding carboxylic acids is 2. The molecular formula is C14H18BrN3O3. The molecule has 0 aromatic heterocycles. The van der Waals surface area contributed by atoms with Gasteiger partial charge in [-0.2, -0.15) is 0 Å². The lowest BCUT2D eigenvalue weighted by molar-refractivity contribution is -0.136. The minimum absolute atomic E-state index is 0.102. The Kier molecular flexibility index (Phi) is 5.19. The van der Waals surface area contributed by atoms with Gasteiger partial charge in [0.05, 0.1) is 13.2 Å². The minimum Gasteiger partial charge on any atom is -0.399 e. The minimum atomic E-state index is -0.587. The molecule has 0 saturated carbocycles. The van der Waals surface area contributed by atoms with Crippen LogP contribution in [0, 0.1) is 0 Å². The smallest absolute Gasteiger partial charge is 0.252 e. The Hall–Kier alpha value is -1.60. The van der Waals surface area contributed by atoms with Gasteiger partial charge >= 0.3 is 0 Å². The van der Waals surface area contributed by atoms with Gasteiger partial charge in [0.15, 0.2) is 0 Å². The second-order valence-corrected chi connectivity index (χ2v) is 5.82. The summed E-state index contributed by atoms with van der Waals surface area (Å²) >= 11 is 3.29. The molecule has 1 fully saturated rings. The third-order valence-corrected chi connectivity index (χ3v) is 3.68. The highest BCUT2D eigenvalue weighted by molar-refractivity contribution is 9.10. The number of anilines is 1. The molecule has 0 spiro atoms. The fourth-order valence-electron chi connectivity index (χ4n) is 2.14. The second-order valence-electron chi connectivity index (χ2n) is 4.91. The van der Waals surface area contributed by atoms with Crippen LogP contribution in [0.4, 0.5) is 5.69 Å². The fourth-order valence-corrected chi connectivity index (χ4v) is 2.65. The van der Waals surface area contributed by atoms with Crippen LogP contribution in [0.2, 0.25) is 0 Å². The Labute approximate surface area is 131 Å². The molecule has 7 heteroatoms. The monoisotopic (exact) mass is 355 g/mol. The van der Waals surface area contributed by atoms with E-state index in [-0.39, 0.29) is 11.8 Å². The Morgan fingerprint density at radius 3 is 2.62 bits per heavy atom. The molecule has 6 nitrogen and oxygen atoms in total. The van der Waals surface area contributed by atoms with Crippen LogP contribution in [0.15, 0.2) is 22.7 Å². The maximum atomic E-state index is 12.2. The van der Waals surface area contributed by atoms with Crippen LogP contribution in [0.1, 0.15) is 17.3 Å². The predicted octanol–water partition coefficient (Wildman–Crippen LogP) is 1.01. The van der Waals surface area contributed by atoms with E-state index in [1.807, 2.05) is 0 Å². The van der Waals surface area contributed by atoms with Crippen molar-refractivity contribution >= 4 is 33.4 Å². The number of carbonyl (C=O) groups is 2. The first-order valence-corrected chi connectivity index (χ1v) is 7.50. The van der Waals surface area contributed by atoms with Gasteiger partial charge in [0.2, 0.25) is 5.91 Å². The molecule has 2 rings (SSSR count). The van der Waals surface area contributed by atoms with Crippen molar-refractivity contribution in [2.75, 3.05) is 32.0 Å². The van der Waals surface area contributed by atoms with Crippen molar-refractivity contribution in [1.82, 2.24) is 10.2 Å². The van der Waals surface area contributed by atoms with Crippen molar-refractivity contribution in [2.45, 2.75) is 13.0 Å². The molecule has 0 radical (unpaired) electrons. The van der Waals surface area contributed by atoms with Crippen LogP contribution in [-0.2, 0) is 9.53 Å². The first kappa shape index (κ1) is 15.8. The molecule has 2 amide bonds. The number of hydrogen-bond donors (Lipinski definition) is 2. The van der Waals surface area contributed by atoms with Crippen molar-refractivity contribution < 1.29 is 14.3 Å². The third kappa shape index (κ3) is 4.18. The predicted molar refractivity (Wildman–Crippen MR) is 82.9 cm³/mol. The van der Waals surface area contributed by atoms with E-state index >= 15 is 0 Å². The van der Waals surface area contributed by atoms with E-state index in [1.54, 1.807) is 30.0 Å². The van der Waals surface area contributed by atoms with E-state index < -0.39 is 6.04 Å². The summed E-state index contributed by atoms with van der Waals surface area (Å²) in [4.78, 5) is 26.1. The number of ether oxygens (including phenoxy) is 1. The topological polar surface area (TPSA) is 84.7 Å². The van der Waals surface area contributed by atoms with Crippen LogP contribution in [0.3, 0.4) is 0 Å². The number of nitrogens with two attached hydrogens (primary N) is 1. The molecule has 1 heterocycles. The molecule has 1 atom stereocenters. The van der Waals surface area contributed by atoms with Gasteiger partial charge < -0.3 is 20.7 Å². The van der Waals surface area contributed by atoms with E-state index in [4.69, 9.17) is 10.5 Å². The van der Waals surface area contributed by atoms with Gasteiger partial charge in [-0.3, -0.25) is 9.59 Å². The van der Waals surface area contributed by atoms with Gasteiger partial charge in [0.1, 0.15) is 6.04 Å². The highest BCUT2D eigenvalue weighted by Gasteiger charge is 2.24. The van der Waals surface area contributed by atoms with Crippen molar-refractivity contribution in [1.29, 1.82) is 0 Å². The van der Waals surface area contributed by atoms with Crippen LogP contribution >= 0.6 is 15.9 Å². The lowest BCUT2D eigenvalue weighted by atomic mass is 10.1. The standard InChI is InChI=1S/C14H18BrN3O3/c1-9(14(20)18-2-4-21-5-3-18)17-13(19)10-6-11(15)8-12(16)7-10/h6-9H,2-5,16H2,1H3,(H,17,19). The Balaban J connectivity index is 1.99. The van der Waals surface area contributed by atoms with Gasteiger partial charge in [-0.25, -0.2) is 0 Å². The summed E-state index contributed by atoms with van der Waals surface area (Å²) in [7, 11) is 0. The molecule has 3 N–H and O–H groups in total. The average molecular weight is 356 g/mol. The number of amides is 2. The summed E-state index contributed by atoms with van der Waals surface area (Å²) in [6.07, 6.45) is 0. The summed E-state index contributed by atoms with van der Waals surface area (Å²) in [6.45, 7) is 3.87. The number of benzene rings is 1. The lowest BCUT2D eigenvalue weighted by Gasteiger charge is -2.29. The normalized spacial score (nSPS) is 16.4. The molecule has 0 bridgehead atoms. The van der Waals surface area contributed by atoms with E-state index in [9.17, 15) is 9.59 Å². The van der Waals surface area contributed by atoms with Crippen molar-refractivity contribution in [3.63, 3.8) is 0 Å². The van der Waals surface area contributed by atoms with E-state index in [2.05, 4.69) is 21.2 Å². The summed E-state index contributed by atoms with van der Waals surface area (Å²) in [5.41, 5.74) is 6.61. The van der Waals surface area contributed by atoms with Crippen LogP contribution in [0.25, 0.3) is 0 Å². The lowest BCUT2D eigenvalue weighted by Crippen LogP contribution is -2.50.